The summed E-state index contributed by atoms with van der Waals surface area (Å²) in [6.45, 7) is 3.10. The van der Waals surface area contributed by atoms with Crippen LogP contribution in [0.1, 0.15) is 16.9 Å². The standard InChI is InChI=1S/C22H27N3O4/c1-14-16-8-6-7-9-17(16)29-21(14)13-25-22(23-2)24-12-15-10-19(27-4)20(28-5)11-18(15)26-3/h6-11H,12-13H2,1-5H3,(H2,23,24,25). The first-order valence-corrected chi connectivity index (χ1v) is 9.31. The monoisotopic (exact) mass is 397 g/mol. The molecule has 0 atom stereocenters. The molecule has 2 aromatic carbocycles. The molecule has 0 amide bonds. The molecule has 7 heteroatoms. The first-order chi connectivity index (χ1) is 14.1. The summed E-state index contributed by atoms with van der Waals surface area (Å²) in [5.41, 5.74) is 2.94. The molecule has 0 bridgehead atoms. The van der Waals surface area contributed by atoms with E-state index in [0.717, 1.165) is 27.9 Å². The van der Waals surface area contributed by atoms with E-state index in [4.69, 9.17) is 18.6 Å². The van der Waals surface area contributed by atoms with Gasteiger partial charge in [-0.15, -0.1) is 0 Å². The van der Waals surface area contributed by atoms with E-state index < -0.39 is 0 Å². The van der Waals surface area contributed by atoms with Gasteiger partial charge in [0.15, 0.2) is 17.5 Å². The highest BCUT2D eigenvalue weighted by atomic mass is 16.5. The minimum atomic E-state index is 0.502. The Labute approximate surface area is 170 Å². The summed E-state index contributed by atoms with van der Waals surface area (Å²) in [6.07, 6.45) is 0. The van der Waals surface area contributed by atoms with Crippen LogP contribution in [-0.4, -0.2) is 34.3 Å². The van der Waals surface area contributed by atoms with Gasteiger partial charge in [-0.3, -0.25) is 4.99 Å². The molecular formula is C22H27N3O4. The molecule has 154 valence electrons. The van der Waals surface area contributed by atoms with Crippen molar-refractivity contribution in [2.24, 2.45) is 4.99 Å². The number of hydrogen-bond donors (Lipinski definition) is 2. The van der Waals surface area contributed by atoms with Gasteiger partial charge < -0.3 is 29.3 Å². The predicted molar refractivity (Wildman–Crippen MR) is 114 cm³/mol. The SMILES string of the molecule is CN=C(NCc1cc(OC)c(OC)cc1OC)NCc1oc2ccccc2c1C. The Hall–Kier alpha value is -3.35. The van der Waals surface area contributed by atoms with Gasteiger partial charge in [-0.25, -0.2) is 0 Å². The average Bonchev–Trinajstić information content (AvgIpc) is 3.09. The highest BCUT2D eigenvalue weighted by Crippen LogP contribution is 2.34. The van der Waals surface area contributed by atoms with Gasteiger partial charge in [0, 0.05) is 36.2 Å². The number of guanidine groups is 1. The molecule has 0 radical (unpaired) electrons. The Morgan fingerprint density at radius 1 is 0.931 bits per heavy atom. The third kappa shape index (κ3) is 4.39. The Kier molecular flexibility index (Phi) is 6.49. The Morgan fingerprint density at radius 2 is 1.59 bits per heavy atom. The maximum absolute atomic E-state index is 5.95. The number of methoxy groups -OCH3 is 3. The van der Waals surface area contributed by atoms with Gasteiger partial charge in [0.25, 0.3) is 0 Å². The zero-order valence-corrected chi connectivity index (χ0v) is 17.5. The number of ether oxygens (including phenoxy) is 3. The lowest BCUT2D eigenvalue weighted by molar-refractivity contribution is 0.347. The molecule has 1 aromatic heterocycles. The van der Waals surface area contributed by atoms with Gasteiger partial charge in [0.2, 0.25) is 0 Å². The molecule has 1 heterocycles. The van der Waals surface area contributed by atoms with E-state index in [1.165, 1.54) is 0 Å². The summed E-state index contributed by atoms with van der Waals surface area (Å²) in [5, 5.41) is 7.72. The number of fused-ring (bicyclic) bond motifs is 1. The number of aryl methyl sites for hydroxylation is 1. The number of nitrogens with one attached hydrogen (secondary N) is 2. The van der Waals surface area contributed by atoms with Crippen molar-refractivity contribution in [2.45, 2.75) is 20.0 Å². The summed E-state index contributed by atoms with van der Waals surface area (Å²) < 4.78 is 22.2. The van der Waals surface area contributed by atoms with Crippen molar-refractivity contribution in [1.82, 2.24) is 10.6 Å². The topological polar surface area (TPSA) is 77.3 Å². The van der Waals surface area contributed by atoms with Crippen LogP contribution in [0.15, 0.2) is 45.8 Å². The molecule has 0 unspecified atom stereocenters. The molecular weight excluding hydrogens is 370 g/mol. The molecule has 3 aromatic rings. The van der Waals surface area contributed by atoms with E-state index in [1.54, 1.807) is 28.4 Å². The maximum atomic E-state index is 5.95. The van der Waals surface area contributed by atoms with Crippen molar-refractivity contribution in [3.8, 4) is 17.2 Å². The van der Waals surface area contributed by atoms with Crippen molar-refractivity contribution in [1.29, 1.82) is 0 Å². The molecule has 0 saturated heterocycles. The number of hydrogen-bond acceptors (Lipinski definition) is 5. The van der Waals surface area contributed by atoms with E-state index in [1.807, 2.05) is 30.3 Å². The second-order valence-corrected chi connectivity index (χ2v) is 6.44. The highest BCUT2D eigenvalue weighted by molar-refractivity contribution is 5.83. The lowest BCUT2D eigenvalue weighted by Crippen LogP contribution is -2.36. The van der Waals surface area contributed by atoms with Crippen LogP contribution in [0.2, 0.25) is 0 Å². The highest BCUT2D eigenvalue weighted by Gasteiger charge is 2.13. The quantitative estimate of drug-likeness (QED) is 0.468. The Bertz CT molecular complexity index is 1010. The summed E-state index contributed by atoms with van der Waals surface area (Å²) in [7, 11) is 6.56. The second kappa shape index (κ2) is 9.23. The van der Waals surface area contributed by atoms with Crippen molar-refractivity contribution >= 4 is 16.9 Å². The molecule has 29 heavy (non-hydrogen) atoms. The number of para-hydroxylation sites is 1. The molecule has 7 nitrogen and oxygen atoms in total. The van der Waals surface area contributed by atoms with Crippen LogP contribution in [0.5, 0.6) is 17.2 Å². The predicted octanol–water partition coefficient (Wildman–Crippen LogP) is 3.63. The number of furan rings is 1. The van der Waals surface area contributed by atoms with E-state index in [2.05, 4.69) is 28.6 Å². The number of aliphatic imine (C=N–C) groups is 1. The summed E-state index contributed by atoms with van der Waals surface area (Å²) in [5.74, 6) is 3.51. The van der Waals surface area contributed by atoms with Gasteiger partial charge in [-0.2, -0.15) is 0 Å². The van der Waals surface area contributed by atoms with Gasteiger partial charge in [-0.05, 0) is 19.1 Å². The van der Waals surface area contributed by atoms with Crippen molar-refractivity contribution in [3.05, 3.63) is 53.3 Å². The first kappa shape index (κ1) is 20.4. The minimum Gasteiger partial charge on any atom is -0.496 e. The molecule has 0 saturated carbocycles. The summed E-state index contributed by atoms with van der Waals surface area (Å²) in [4.78, 5) is 4.29. The molecule has 0 spiro atoms. The van der Waals surface area contributed by atoms with Gasteiger partial charge in [-0.1, -0.05) is 18.2 Å². The third-order valence-corrected chi connectivity index (χ3v) is 4.82. The Balaban J connectivity index is 1.68. The summed E-state index contributed by atoms with van der Waals surface area (Å²) >= 11 is 0. The van der Waals surface area contributed by atoms with E-state index in [9.17, 15) is 0 Å². The third-order valence-electron chi connectivity index (χ3n) is 4.82. The smallest absolute Gasteiger partial charge is 0.191 e. The molecule has 3 rings (SSSR count). The fourth-order valence-corrected chi connectivity index (χ4v) is 3.19. The number of rotatable bonds is 7. The zero-order valence-electron chi connectivity index (χ0n) is 17.5. The van der Waals surface area contributed by atoms with Crippen molar-refractivity contribution < 1.29 is 18.6 Å². The van der Waals surface area contributed by atoms with E-state index in [0.29, 0.717) is 36.3 Å². The van der Waals surface area contributed by atoms with Crippen LogP contribution in [0, 0.1) is 6.92 Å². The lowest BCUT2D eigenvalue weighted by Gasteiger charge is -2.16. The second-order valence-electron chi connectivity index (χ2n) is 6.44. The average molecular weight is 397 g/mol. The van der Waals surface area contributed by atoms with Crippen molar-refractivity contribution in [3.63, 3.8) is 0 Å². The van der Waals surface area contributed by atoms with Crippen LogP contribution >= 0.6 is 0 Å². The van der Waals surface area contributed by atoms with Crippen LogP contribution in [0.25, 0.3) is 11.0 Å². The fraction of sp³-hybridized carbons (Fsp3) is 0.318. The molecule has 0 aliphatic carbocycles. The molecule has 0 aliphatic heterocycles. The Morgan fingerprint density at radius 3 is 2.24 bits per heavy atom. The van der Waals surface area contributed by atoms with Gasteiger partial charge in [0.05, 0.1) is 27.9 Å². The lowest BCUT2D eigenvalue weighted by atomic mass is 10.1. The van der Waals surface area contributed by atoms with Crippen LogP contribution in [-0.2, 0) is 13.1 Å². The molecule has 2 N–H and O–H groups in total. The largest absolute Gasteiger partial charge is 0.496 e. The normalized spacial score (nSPS) is 11.4. The van der Waals surface area contributed by atoms with Crippen LogP contribution < -0.4 is 24.8 Å². The first-order valence-electron chi connectivity index (χ1n) is 9.31. The van der Waals surface area contributed by atoms with Gasteiger partial charge in [0.1, 0.15) is 17.1 Å². The van der Waals surface area contributed by atoms with Gasteiger partial charge >= 0.3 is 0 Å². The van der Waals surface area contributed by atoms with Crippen molar-refractivity contribution in [2.75, 3.05) is 28.4 Å². The van der Waals surface area contributed by atoms with E-state index >= 15 is 0 Å². The molecule has 0 fully saturated rings. The number of nitrogens with zero attached hydrogens (tertiary/aromatic N) is 1. The number of benzene rings is 2. The van der Waals surface area contributed by atoms with E-state index in [-0.39, 0.29) is 0 Å². The fourth-order valence-electron chi connectivity index (χ4n) is 3.19. The van der Waals surface area contributed by atoms with Crippen LogP contribution in [0.3, 0.4) is 0 Å². The summed E-state index contributed by atoms with van der Waals surface area (Å²) in [6, 6.07) is 11.7. The minimum absolute atomic E-state index is 0.502. The van der Waals surface area contributed by atoms with Crippen LogP contribution in [0.4, 0.5) is 0 Å². The maximum Gasteiger partial charge on any atom is 0.191 e. The zero-order chi connectivity index (χ0) is 20.8. The molecule has 0 aliphatic rings.